The summed E-state index contributed by atoms with van der Waals surface area (Å²) in [7, 11) is -2.97. The number of hydrogen-bond donors (Lipinski definition) is 1. The van der Waals surface area contributed by atoms with E-state index in [1.165, 1.54) is 0 Å². The highest BCUT2D eigenvalue weighted by atomic mass is 32.2. The maximum absolute atomic E-state index is 12.2. The number of rotatable bonds is 5. The lowest BCUT2D eigenvalue weighted by Crippen LogP contribution is -2.17. The van der Waals surface area contributed by atoms with Gasteiger partial charge in [-0.15, -0.1) is 0 Å². The Balaban J connectivity index is 1.39. The SMILES string of the molecule is O=C(C[C@@H]1CCS(=O)(=O)C1)Nc1ccc(Oc2ccnc3ccccc23)cc1. The van der Waals surface area contributed by atoms with Gasteiger partial charge in [-0.25, -0.2) is 8.42 Å². The number of para-hydroxylation sites is 1. The Hall–Kier alpha value is -2.93. The molecule has 6 nitrogen and oxygen atoms in total. The molecule has 1 aliphatic rings. The molecular weight excluding hydrogens is 376 g/mol. The lowest BCUT2D eigenvalue weighted by atomic mass is 10.1. The molecule has 2 heterocycles. The van der Waals surface area contributed by atoms with Crippen LogP contribution in [0.25, 0.3) is 10.9 Å². The molecule has 28 heavy (non-hydrogen) atoms. The lowest BCUT2D eigenvalue weighted by molar-refractivity contribution is -0.116. The van der Waals surface area contributed by atoms with Crippen LogP contribution in [-0.4, -0.2) is 30.8 Å². The van der Waals surface area contributed by atoms with Crippen LogP contribution >= 0.6 is 0 Å². The van der Waals surface area contributed by atoms with Gasteiger partial charge in [0.25, 0.3) is 0 Å². The molecule has 1 fully saturated rings. The van der Waals surface area contributed by atoms with Crippen LogP contribution in [0, 0.1) is 5.92 Å². The maximum Gasteiger partial charge on any atom is 0.224 e. The van der Waals surface area contributed by atoms with Gasteiger partial charge in [-0.3, -0.25) is 9.78 Å². The van der Waals surface area contributed by atoms with Gasteiger partial charge in [-0.1, -0.05) is 12.1 Å². The normalized spacial score (nSPS) is 18.1. The average molecular weight is 396 g/mol. The first kappa shape index (κ1) is 18.4. The van der Waals surface area contributed by atoms with Crippen molar-refractivity contribution in [3.63, 3.8) is 0 Å². The number of ether oxygens (including phenoxy) is 1. The number of carbonyl (C=O) groups is 1. The van der Waals surface area contributed by atoms with Gasteiger partial charge in [0.05, 0.1) is 17.0 Å². The predicted octanol–water partition coefficient (Wildman–Crippen LogP) is 3.79. The molecule has 1 N–H and O–H groups in total. The van der Waals surface area contributed by atoms with E-state index in [0.29, 0.717) is 23.6 Å². The molecular formula is C21H20N2O4S. The largest absolute Gasteiger partial charge is 0.457 e. The fraction of sp³-hybridized carbons (Fsp3) is 0.238. The van der Waals surface area contributed by atoms with Crippen molar-refractivity contribution in [2.45, 2.75) is 12.8 Å². The van der Waals surface area contributed by atoms with Crippen molar-refractivity contribution in [1.82, 2.24) is 4.98 Å². The summed E-state index contributed by atoms with van der Waals surface area (Å²) < 4.78 is 29.0. The second-order valence-electron chi connectivity index (χ2n) is 6.97. The molecule has 1 aliphatic heterocycles. The van der Waals surface area contributed by atoms with Crippen LogP contribution in [-0.2, 0) is 14.6 Å². The zero-order chi connectivity index (χ0) is 19.6. The molecule has 1 saturated heterocycles. The summed E-state index contributed by atoms with van der Waals surface area (Å²) >= 11 is 0. The van der Waals surface area contributed by atoms with Crippen molar-refractivity contribution in [3.8, 4) is 11.5 Å². The van der Waals surface area contributed by atoms with Gasteiger partial charge >= 0.3 is 0 Å². The standard InChI is InChI=1S/C21H20N2O4S/c24-21(13-15-10-12-28(25,26)14-15)23-16-5-7-17(8-6-16)27-20-9-11-22-19-4-2-1-3-18(19)20/h1-9,11,15H,10,12-14H2,(H,23,24)/t15-/m0/s1. The van der Waals surface area contributed by atoms with Gasteiger partial charge in [0, 0.05) is 23.7 Å². The number of anilines is 1. The topological polar surface area (TPSA) is 85.4 Å². The highest BCUT2D eigenvalue weighted by Crippen LogP contribution is 2.29. The van der Waals surface area contributed by atoms with Crippen molar-refractivity contribution < 1.29 is 17.9 Å². The molecule has 1 atom stereocenters. The van der Waals surface area contributed by atoms with Crippen LogP contribution < -0.4 is 10.1 Å². The number of benzene rings is 2. The zero-order valence-corrected chi connectivity index (χ0v) is 16.0. The van der Waals surface area contributed by atoms with Crippen LogP contribution in [0.2, 0.25) is 0 Å². The summed E-state index contributed by atoms with van der Waals surface area (Å²) in [5.41, 5.74) is 1.51. The zero-order valence-electron chi connectivity index (χ0n) is 15.2. The number of pyridine rings is 1. The molecule has 0 bridgehead atoms. The summed E-state index contributed by atoms with van der Waals surface area (Å²) in [6.45, 7) is 0. The first-order chi connectivity index (χ1) is 13.5. The van der Waals surface area contributed by atoms with Gasteiger partial charge in [0.15, 0.2) is 9.84 Å². The number of fused-ring (bicyclic) bond motifs is 1. The molecule has 0 aliphatic carbocycles. The minimum atomic E-state index is -2.97. The second kappa shape index (κ2) is 7.59. The van der Waals surface area contributed by atoms with Crippen molar-refractivity contribution in [2.24, 2.45) is 5.92 Å². The Kier molecular flexibility index (Phi) is 5.00. The minimum absolute atomic E-state index is 0.0902. The third-order valence-electron chi connectivity index (χ3n) is 4.78. The Morgan fingerprint density at radius 2 is 1.89 bits per heavy atom. The van der Waals surface area contributed by atoms with Crippen LogP contribution in [0.3, 0.4) is 0 Å². The smallest absolute Gasteiger partial charge is 0.224 e. The number of amides is 1. The van der Waals surface area contributed by atoms with Crippen molar-refractivity contribution in [2.75, 3.05) is 16.8 Å². The van der Waals surface area contributed by atoms with E-state index in [-0.39, 0.29) is 29.8 Å². The Morgan fingerprint density at radius 1 is 1.11 bits per heavy atom. The molecule has 1 amide bonds. The third kappa shape index (κ3) is 4.31. The molecule has 144 valence electrons. The summed E-state index contributed by atoms with van der Waals surface area (Å²) in [4.78, 5) is 16.5. The molecule has 7 heteroatoms. The number of sulfone groups is 1. The number of nitrogens with zero attached hydrogens (tertiary/aromatic N) is 1. The first-order valence-corrected chi connectivity index (χ1v) is 10.9. The fourth-order valence-electron chi connectivity index (χ4n) is 3.40. The van der Waals surface area contributed by atoms with Crippen LogP contribution in [0.4, 0.5) is 5.69 Å². The first-order valence-electron chi connectivity index (χ1n) is 9.10. The van der Waals surface area contributed by atoms with E-state index in [1.807, 2.05) is 30.3 Å². The van der Waals surface area contributed by atoms with Crippen LogP contribution in [0.1, 0.15) is 12.8 Å². The summed E-state index contributed by atoms with van der Waals surface area (Å²) in [6, 6.07) is 16.7. The van der Waals surface area contributed by atoms with E-state index in [9.17, 15) is 13.2 Å². The summed E-state index contributed by atoms with van der Waals surface area (Å²) in [6.07, 6.45) is 2.48. The highest BCUT2D eigenvalue weighted by Gasteiger charge is 2.29. The molecule has 1 aromatic heterocycles. The van der Waals surface area contributed by atoms with Crippen molar-refractivity contribution in [3.05, 3.63) is 60.8 Å². The number of aromatic nitrogens is 1. The fourth-order valence-corrected chi connectivity index (χ4v) is 5.26. The average Bonchev–Trinajstić information content (AvgIpc) is 3.02. The van der Waals surface area contributed by atoms with Gasteiger partial charge in [-0.2, -0.15) is 0 Å². The van der Waals surface area contributed by atoms with Gasteiger partial charge in [0.2, 0.25) is 5.91 Å². The minimum Gasteiger partial charge on any atom is -0.457 e. The second-order valence-corrected chi connectivity index (χ2v) is 9.20. The summed E-state index contributed by atoms with van der Waals surface area (Å²) in [5.74, 6) is 1.39. The van der Waals surface area contributed by atoms with E-state index in [2.05, 4.69) is 10.3 Å². The van der Waals surface area contributed by atoms with Crippen LogP contribution in [0.5, 0.6) is 11.5 Å². The van der Waals surface area contributed by atoms with E-state index in [4.69, 9.17) is 4.74 Å². The van der Waals surface area contributed by atoms with Gasteiger partial charge < -0.3 is 10.1 Å². The van der Waals surface area contributed by atoms with Crippen molar-refractivity contribution in [1.29, 1.82) is 0 Å². The monoisotopic (exact) mass is 396 g/mol. The Morgan fingerprint density at radius 3 is 2.64 bits per heavy atom. The molecule has 4 rings (SSSR count). The third-order valence-corrected chi connectivity index (χ3v) is 6.61. The molecule has 0 unspecified atom stereocenters. The van der Waals surface area contributed by atoms with E-state index < -0.39 is 9.84 Å². The predicted molar refractivity (Wildman–Crippen MR) is 108 cm³/mol. The van der Waals surface area contributed by atoms with E-state index in [1.54, 1.807) is 30.5 Å². The Bertz CT molecular complexity index is 1110. The van der Waals surface area contributed by atoms with Crippen LogP contribution in [0.15, 0.2) is 60.8 Å². The molecule has 2 aromatic carbocycles. The van der Waals surface area contributed by atoms with E-state index >= 15 is 0 Å². The Labute approximate surface area is 163 Å². The highest BCUT2D eigenvalue weighted by molar-refractivity contribution is 7.91. The maximum atomic E-state index is 12.2. The van der Waals surface area contributed by atoms with E-state index in [0.717, 1.165) is 10.9 Å². The van der Waals surface area contributed by atoms with Crippen molar-refractivity contribution >= 4 is 32.3 Å². The van der Waals surface area contributed by atoms with Gasteiger partial charge in [0.1, 0.15) is 11.5 Å². The number of hydrogen-bond acceptors (Lipinski definition) is 5. The quantitative estimate of drug-likeness (QED) is 0.709. The lowest BCUT2D eigenvalue weighted by Gasteiger charge is -2.11. The molecule has 0 spiro atoms. The van der Waals surface area contributed by atoms with Gasteiger partial charge in [-0.05, 0) is 54.8 Å². The number of carbonyl (C=O) groups excluding carboxylic acids is 1. The molecule has 0 radical (unpaired) electrons. The summed E-state index contributed by atoms with van der Waals surface area (Å²) in [5, 5.41) is 3.74. The molecule has 3 aromatic rings. The number of nitrogens with one attached hydrogen (secondary N) is 1. The molecule has 0 saturated carbocycles.